The first-order chi connectivity index (χ1) is 8.20. The van der Waals surface area contributed by atoms with Crippen molar-refractivity contribution < 1.29 is 14.1 Å². The van der Waals surface area contributed by atoms with Gasteiger partial charge >= 0.3 is 5.97 Å². The molecule has 17 heavy (non-hydrogen) atoms. The SMILES string of the molecule is COC(=O)C1=CC(c2ccccn2)=N[S+]([O-])N1. The van der Waals surface area contributed by atoms with Crippen LogP contribution in [0, 0.1) is 0 Å². The summed E-state index contributed by atoms with van der Waals surface area (Å²) in [6.45, 7) is 0. The lowest BCUT2D eigenvalue weighted by Gasteiger charge is -2.13. The summed E-state index contributed by atoms with van der Waals surface area (Å²) >= 11 is -1.69. The van der Waals surface area contributed by atoms with Crippen LogP contribution in [0.3, 0.4) is 0 Å². The van der Waals surface area contributed by atoms with Crippen LogP contribution in [0.4, 0.5) is 0 Å². The van der Waals surface area contributed by atoms with Crippen molar-refractivity contribution in [1.29, 1.82) is 0 Å². The number of carbonyl (C=O) groups is 1. The van der Waals surface area contributed by atoms with Crippen LogP contribution in [0.15, 0.2) is 40.6 Å². The largest absolute Gasteiger partial charge is 0.567 e. The lowest BCUT2D eigenvalue weighted by atomic mass is 10.2. The van der Waals surface area contributed by atoms with Gasteiger partial charge in [0.05, 0.1) is 12.8 Å². The van der Waals surface area contributed by atoms with E-state index in [2.05, 4.69) is 18.8 Å². The lowest BCUT2D eigenvalue weighted by Crippen LogP contribution is -2.31. The number of nitrogens with one attached hydrogen (secondary N) is 1. The first-order valence-corrected chi connectivity index (χ1v) is 5.80. The van der Waals surface area contributed by atoms with Gasteiger partial charge in [-0.2, -0.15) is 4.72 Å². The van der Waals surface area contributed by atoms with Crippen molar-refractivity contribution in [3.05, 3.63) is 41.9 Å². The number of allylic oxidation sites excluding steroid dienone is 1. The Morgan fingerprint density at radius 1 is 1.53 bits per heavy atom. The molecule has 1 N–H and O–H groups in total. The fourth-order valence-corrected chi connectivity index (χ4v) is 1.95. The van der Waals surface area contributed by atoms with E-state index >= 15 is 0 Å². The predicted molar refractivity (Wildman–Crippen MR) is 62.2 cm³/mol. The maximum Gasteiger partial charge on any atom is 0.358 e. The van der Waals surface area contributed by atoms with Crippen molar-refractivity contribution in [1.82, 2.24) is 9.71 Å². The molecule has 1 atom stereocenters. The van der Waals surface area contributed by atoms with Crippen LogP contribution in [0.1, 0.15) is 5.69 Å². The van der Waals surface area contributed by atoms with Gasteiger partial charge in [-0.25, -0.2) is 4.79 Å². The Bertz CT molecular complexity index is 487. The number of esters is 1. The van der Waals surface area contributed by atoms with Crippen LogP contribution < -0.4 is 4.72 Å². The molecule has 0 saturated carbocycles. The summed E-state index contributed by atoms with van der Waals surface area (Å²) in [6, 6.07) is 5.25. The van der Waals surface area contributed by atoms with E-state index in [1.807, 2.05) is 0 Å². The summed E-state index contributed by atoms with van der Waals surface area (Å²) in [6.07, 6.45) is 3.05. The molecule has 1 unspecified atom stereocenters. The molecule has 0 amide bonds. The number of hydrogen-bond donors (Lipinski definition) is 1. The van der Waals surface area contributed by atoms with E-state index in [-0.39, 0.29) is 5.70 Å². The zero-order chi connectivity index (χ0) is 12.3. The van der Waals surface area contributed by atoms with E-state index in [9.17, 15) is 9.35 Å². The minimum absolute atomic E-state index is 0.0986. The first kappa shape index (κ1) is 11.6. The molecule has 1 aliphatic heterocycles. The van der Waals surface area contributed by atoms with E-state index in [1.165, 1.54) is 13.2 Å². The Morgan fingerprint density at radius 3 is 3.00 bits per heavy atom. The molecule has 1 aromatic heterocycles. The van der Waals surface area contributed by atoms with Gasteiger partial charge in [-0.15, -0.1) is 0 Å². The number of nitrogens with zero attached hydrogens (tertiary/aromatic N) is 2. The Balaban J connectivity index is 2.34. The zero-order valence-corrected chi connectivity index (χ0v) is 9.73. The Morgan fingerprint density at radius 2 is 2.35 bits per heavy atom. The Kier molecular flexibility index (Phi) is 3.40. The maximum atomic E-state index is 11.4. The molecule has 0 fully saturated rings. The Hall–Kier alpha value is -1.86. The van der Waals surface area contributed by atoms with Gasteiger partial charge in [-0.3, -0.25) is 4.98 Å². The number of hydrogen-bond acceptors (Lipinski definition) is 6. The van der Waals surface area contributed by atoms with Gasteiger partial charge in [0.1, 0.15) is 5.71 Å². The summed E-state index contributed by atoms with van der Waals surface area (Å²) in [4.78, 5) is 15.4. The zero-order valence-electron chi connectivity index (χ0n) is 8.91. The second kappa shape index (κ2) is 4.98. The number of ether oxygens (including phenoxy) is 1. The molecule has 7 heteroatoms. The van der Waals surface area contributed by atoms with Gasteiger partial charge in [0.25, 0.3) is 0 Å². The molecular weight excluding hydrogens is 242 g/mol. The molecule has 1 aromatic rings. The molecule has 2 heterocycles. The van der Waals surface area contributed by atoms with Crippen LogP contribution in [0.5, 0.6) is 0 Å². The Labute approximate surface area is 101 Å². The number of pyridine rings is 1. The quantitative estimate of drug-likeness (QED) is 0.595. The van der Waals surface area contributed by atoms with Gasteiger partial charge in [-0.05, 0) is 16.5 Å². The summed E-state index contributed by atoms with van der Waals surface area (Å²) in [5.41, 5.74) is 1.02. The van der Waals surface area contributed by atoms with E-state index in [0.29, 0.717) is 11.4 Å². The summed E-state index contributed by atoms with van der Waals surface area (Å²) in [7, 11) is 1.25. The average Bonchev–Trinajstić information content (AvgIpc) is 2.38. The fourth-order valence-electron chi connectivity index (χ4n) is 1.24. The molecule has 0 aromatic carbocycles. The molecule has 88 valence electrons. The molecule has 1 aliphatic rings. The summed E-state index contributed by atoms with van der Waals surface area (Å²) in [5, 5.41) is 0. The van der Waals surface area contributed by atoms with Crippen LogP contribution >= 0.6 is 0 Å². The molecule has 0 spiro atoms. The molecule has 6 nitrogen and oxygen atoms in total. The van der Waals surface area contributed by atoms with Gasteiger partial charge in [0, 0.05) is 12.3 Å². The molecule has 2 rings (SSSR count). The third-order valence-electron chi connectivity index (χ3n) is 1.99. The van der Waals surface area contributed by atoms with Gasteiger partial charge < -0.3 is 9.29 Å². The van der Waals surface area contributed by atoms with E-state index < -0.39 is 17.5 Å². The third kappa shape index (κ3) is 2.63. The van der Waals surface area contributed by atoms with Crippen LogP contribution in [-0.4, -0.2) is 28.3 Å². The molecule has 0 radical (unpaired) electrons. The second-order valence-corrected chi connectivity index (χ2v) is 3.98. The summed E-state index contributed by atoms with van der Waals surface area (Å²) < 4.78 is 22.2. The van der Waals surface area contributed by atoms with Gasteiger partial charge in [-0.1, -0.05) is 6.07 Å². The monoisotopic (exact) mass is 251 g/mol. The minimum atomic E-state index is -1.69. The highest BCUT2D eigenvalue weighted by atomic mass is 32.2. The number of carbonyl (C=O) groups excluding carboxylic acids is 1. The van der Waals surface area contributed by atoms with Crippen LogP contribution in [-0.2, 0) is 21.1 Å². The highest BCUT2D eigenvalue weighted by Gasteiger charge is 2.24. The third-order valence-corrected chi connectivity index (χ3v) is 2.75. The highest BCUT2D eigenvalue weighted by Crippen LogP contribution is 2.10. The van der Waals surface area contributed by atoms with Crippen molar-refractivity contribution in [3.8, 4) is 0 Å². The van der Waals surface area contributed by atoms with E-state index in [4.69, 9.17) is 0 Å². The molecular formula is C10H9N3O3S. The smallest absolute Gasteiger partial charge is 0.358 e. The number of aromatic nitrogens is 1. The normalized spacial score (nSPS) is 18.8. The van der Waals surface area contributed by atoms with Crippen molar-refractivity contribution in [2.24, 2.45) is 4.40 Å². The summed E-state index contributed by atoms with van der Waals surface area (Å²) in [5.74, 6) is -0.596. The highest BCUT2D eigenvalue weighted by molar-refractivity contribution is 7.88. The van der Waals surface area contributed by atoms with Gasteiger partial charge in [0.2, 0.25) is 11.5 Å². The second-order valence-electron chi connectivity index (χ2n) is 3.09. The van der Waals surface area contributed by atoms with Crippen LogP contribution in [0.2, 0.25) is 0 Å². The topological polar surface area (TPSA) is 86.6 Å². The first-order valence-electron chi connectivity index (χ1n) is 4.69. The van der Waals surface area contributed by atoms with Crippen molar-refractivity contribution in [3.63, 3.8) is 0 Å². The molecule has 0 saturated heterocycles. The lowest BCUT2D eigenvalue weighted by molar-refractivity contribution is -0.136. The molecule has 0 aliphatic carbocycles. The standard InChI is InChI=1S/C10H9N3O3S/c1-16-10(14)9-6-8(12-17(15)13-9)7-4-2-3-5-11-7/h2-6,13H,1H3. The number of rotatable bonds is 2. The fraction of sp³-hybridized carbons (Fsp3) is 0.100. The van der Waals surface area contributed by atoms with Gasteiger partial charge in [0.15, 0.2) is 5.70 Å². The average molecular weight is 251 g/mol. The van der Waals surface area contributed by atoms with Crippen LogP contribution in [0.25, 0.3) is 0 Å². The van der Waals surface area contributed by atoms with E-state index in [1.54, 1.807) is 24.4 Å². The maximum absolute atomic E-state index is 11.4. The van der Waals surface area contributed by atoms with Crippen molar-refractivity contribution in [2.75, 3.05) is 7.11 Å². The van der Waals surface area contributed by atoms with Crippen molar-refractivity contribution in [2.45, 2.75) is 0 Å². The number of methoxy groups -OCH3 is 1. The minimum Gasteiger partial charge on any atom is -0.567 e. The molecule has 0 bridgehead atoms. The van der Waals surface area contributed by atoms with E-state index in [0.717, 1.165) is 0 Å². The van der Waals surface area contributed by atoms with Crippen molar-refractivity contribution >= 4 is 23.2 Å². The predicted octanol–water partition coefficient (Wildman–Crippen LogP) is 0.109.